The first-order valence-corrected chi connectivity index (χ1v) is 7.03. The highest BCUT2D eigenvalue weighted by atomic mass is 19.1. The Bertz CT molecular complexity index is 340. The molecule has 0 aliphatic rings. The number of hydrogen-bond acceptors (Lipinski definition) is 1. The van der Waals surface area contributed by atoms with Crippen LogP contribution in [-0.4, -0.2) is 6.54 Å². The van der Waals surface area contributed by atoms with Crippen molar-refractivity contribution in [3.63, 3.8) is 0 Å². The zero-order chi connectivity index (χ0) is 13.5. The van der Waals surface area contributed by atoms with E-state index in [1.54, 1.807) is 12.1 Å². The predicted molar refractivity (Wildman–Crippen MR) is 76.2 cm³/mol. The van der Waals surface area contributed by atoms with E-state index in [1.807, 2.05) is 6.92 Å². The van der Waals surface area contributed by atoms with Gasteiger partial charge in [-0.25, -0.2) is 4.39 Å². The van der Waals surface area contributed by atoms with Gasteiger partial charge < -0.3 is 5.32 Å². The minimum atomic E-state index is -0.128. The van der Waals surface area contributed by atoms with Crippen LogP contribution in [0.15, 0.2) is 18.2 Å². The van der Waals surface area contributed by atoms with Crippen LogP contribution in [0.1, 0.15) is 57.2 Å². The maximum atomic E-state index is 13.5. The zero-order valence-corrected chi connectivity index (χ0v) is 12.1. The summed E-state index contributed by atoms with van der Waals surface area (Å²) < 4.78 is 13.5. The van der Waals surface area contributed by atoms with E-state index in [0.29, 0.717) is 0 Å². The molecule has 1 N–H and O–H groups in total. The van der Waals surface area contributed by atoms with Gasteiger partial charge in [-0.15, -0.1) is 0 Å². The van der Waals surface area contributed by atoms with Gasteiger partial charge in [-0.05, 0) is 49.1 Å². The third-order valence-electron chi connectivity index (χ3n) is 3.19. The lowest BCUT2D eigenvalue weighted by atomic mass is 9.97. The van der Waals surface area contributed by atoms with Crippen LogP contribution in [-0.2, 0) is 0 Å². The first kappa shape index (κ1) is 15.2. The zero-order valence-electron chi connectivity index (χ0n) is 12.1. The molecule has 102 valence electrons. The monoisotopic (exact) mass is 251 g/mol. The van der Waals surface area contributed by atoms with E-state index in [0.717, 1.165) is 30.0 Å². The molecule has 0 spiro atoms. The Kier molecular flexibility index (Phi) is 6.34. The second-order valence-corrected chi connectivity index (χ2v) is 5.50. The Hall–Kier alpha value is -0.890. The van der Waals surface area contributed by atoms with E-state index in [1.165, 1.54) is 12.8 Å². The molecule has 18 heavy (non-hydrogen) atoms. The highest BCUT2D eigenvalue weighted by molar-refractivity contribution is 5.26. The van der Waals surface area contributed by atoms with Crippen molar-refractivity contribution in [2.24, 2.45) is 5.92 Å². The summed E-state index contributed by atoms with van der Waals surface area (Å²) in [6.45, 7) is 9.45. The van der Waals surface area contributed by atoms with Gasteiger partial charge in [0.2, 0.25) is 0 Å². The van der Waals surface area contributed by atoms with Gasteiger partial charge in [0.25, 0.3) is 0 Å². The number of nitrogens with one attached hydrogen (secondary N) is 1. The second kappa shape index (κ2) is 7.52. The summed E-state index contributed by atoms with van der Waals surface area (Å²) in [5.74, 6) is 0.610. The van der Waals surface area contributed by atoms with Crippen molar-refractivity contribution in [2.45, 2.75) is 53.0 Å². The van der Waals surface area contributed by atoms with Crippen molar-refractivity contribution in [1.29, 1.82) is 0 Å². The van der Waals surface area contributed by atoms with Crippen molar-refractivity contribution >= 4 is 0 Å². The van der Waals surface area contributed by atoms with E-state index in [9.17, 15) is 4.39 Å². The quantitative estimate of drug-likeness (QED) is 0.746. The van der Waals surface area contributed by atoms with Crippen molar-refractivity contribution in [2.75, 3.05) is 6.54 Å². The summed E-state index contributed by atoms with van der Waals surface area (Å²) in [6.07, 6.45) is 3.50. The molecule has 1 rings (SSSR count). The van der Waals surface area contributed by atoms with E-state index < -0.39 is 0 Å². The molecule has 1 atom stereocenters. The van der Waals surface area contributed by atoms with Crippen LogP contribution in [0.2, 0.25) is 0 Å². The Balaban J connectivity index is 2.70. The average Bonchev–Trinajstić information content (AvgIpc) is 2.26. The van der Waals surface area contributed by atoms with Gasteiger partial charge in [-0.2, -0.15) is 0 Å². The number of hydrogen-bond donors (Lipinski definition) is 1. The molecule has 1 aromatic rings. The Morgan fingerprint density at radius 1 is 1.17 bits per heavy atom. The molecule has 0 aromatic heterocycles. The number of halogens is 1. The van der Waals surface area contributed by atoms with Gasteiger partial charge in [0, 0.05) is 6.04 Å². The van der Waals surface area contributed by atoms with Crippen LogP contribution in [0.3, 0.4) is 0 Å². The molecular formula is C16H26FN. The Labute approximate surface area is 111 Å². The summed E-state index contributed by atoms with van der Waals surface area (Å²) in [5.41, 5.74) is 2.08. The maximum Gasteiger partial charge on any atom is 0.123 e. The van der Waals surface area contributed by atoms with Gasteiger partial charge in [0.15, 0.2) is 0 Å². The molecule has 1 aromatic carbocycles. The minimum absolute atomic E-state index is 0.128. The van der Waals surface area contributed by atoms with E-state index >= 15 is 0 Å². The van der Waals surface area contributed by atoms with Crippen molar-refractivity contribution in [1.82, 2.24) is 5.32 Å². The highest BCUT2D eigenvalue weighted by Crippen LogP contribution is 2.22. The van der Waals surface area contributed by atoms with E-state index in [-0.39, 0.29) is 11.9 Å². The maximum absolute atomic E-state index is 13.5. The fourth-order valence-electron chi connectivity index (χ4n) is 2.33. The summed E-state index contributed by atoms with van der Waals surface area (Å²) >= 11 is 0. The average molecular weight is 251 g/mol. The summed E-state index contributed by atoms with van der Waals surface area (Å²) in [6, 6.07) is 5.62. The van der Waals surface area contributed by atoms with Crippen molar-refractivity contribution in [3.05, 3.63) is 35.1 Å². The Morgan fingerprint density at radius 2 is 1.89 bits per heavy atom. The number of aryl methyl sites for hydroxylation is 1. The molecule has 2 heteroatoms. The van der Waals surface area contributed by atoms with Crippen LogP contribution in [0, 0.1) is 18.7 Å². The van der Waals surface area contributed by atoms with Crippen LogP contribution >= 0.6 is 0 Å². The highest BCUT2D eigenvalue weighted by Gasteiger charge is 2.11. The number of benzene rings is 1. The SMILES string of the molecule is CCNC(CCCC(C)C)c1cc(C)cc(F)c1. The largest absolute Gasteiger partial charge is 0.310 e. The van der Waals surface area contributed by atoms with Crippen LogP contribution in [0.25, 0.3) is 0 Å². The fourth-order valence-corrected chi connectivity index (χ4v) is 2.33. The second-order valence-electron chi connectivity index (χ2n) is 5.50. The summed E-state index contributed by atoms with van der Waals surface area (Å²) in [5, 5.41) is 3.46. The topological polar surface area (TPSA) is 12.0 Å². The Morgan fingerprint density at radius 3 is 2.44 bits per heavy atom. The molecule has 1 unspecified atom stereocenters. The van der Waals surface area contributed by atoms with Gasteiger partial charge in [-0.1, -0.05) is 39.7 Å². The van der Waals surface area contributed by atoms with Gasteiger partial charge in [0.05, 0.1) is 0 Å². The standard InChI is InChI=1S/C16H26FN/c1-5-18-16(8-6-7-12(2)3)14-9-13(4)10-15(17)11-14/h9-12,16,18H,5-8H2,1-4H3. The lowest BCUT2D eigenvalue weighted by Crippen LogP contribution is -2.21. The van der Waals surface area contributed by atoms with Crippen LogP contribution in [0.4, 0.5) is 4.39 Å². The smallest absolute Gasteiger partial charge is 0.123 e. The lowest BCUT2D eigenvalue weighted by Gasteiger charge is -2.19. The molecule has 0 saturated heterocycles. The van der Waals surface area contributed by atoms with Crippen molar-refractivity contribution in [3.8, 4) is 0 Å². The minimum Gasteiger partial charge on any atom is -0.310 e. The third-order valence-corrected chi connectivity index (χ3v) is 3.19. The molecule has 0 amide bonds. The lowest BCUT2D eigenvalue weighted by molar-refractivity contribution is 0.453. The molecule has 0 aliphatic carbocycles. The molecular weight excluding hydrogens is 225 g/mol. The van der Waals surface area contributed by atoms with Gasteiger partial charge in [-0.3, -0.25) is 0 Å². The van der Waals surface area contributed by atoms with Gasteiger partial charge in [0.1, 0.15) is 5.82 Å². The molecule has 0 saturated carbocycles. The van der Waals surface area contributed by atoms with E-state index in [4.69, 9.17) is 0 Å². The third kappa shape index (κ3) is 5.18. The predicted octanol–water partition coefficient (Wildman–Crippen LogP) is 4.61. The fraction of sp³-hybridized carbons (Fsp3) is 0.625. The molecule has 1 nitrogen and oxygen atoms in total. The number of rotatable bonds is 7. The first-order chi connectivity index (χ1) is 8.52. The molecule has 0 bridgehead atoms. The molecule has 0 radical (unpaired) electrons. The van der Waals surface area contributed by atoms with Crippen LogP contribution in [0.5, 0.6) is 0 Å². The van der Waals surface area contributed by atoms with Gasteiger partial charge >= 0.3 is 0 Å². The first-order valence-electron chi connectivity index (χ1n) is 7.03. The van der Waals surface area contributed by atoms with Crippen LogP contribution < -0.4 is 5.32 Å². The van der Waals surface area contributed by atoms with E-state index in [2.05, 4.69) is 32.2 Å². The van der Waals surface area contributed by atoms with Crippen molar-refractivity contribution < 1.29 is 4.39 Å². The molecule has 0 aliphatic heterocycles. The molecule has 0 heterocycles. The normalized spacial score (nSPS) is 13.0. The summed E-state index contributed by atoms with van der Waals surface area (Å²) in [7, 11) is 0. The molecule has 0 fully saturated rings. The summed E-state index contributed by atoms with van der Waals surface area (Å²) in [4.78, 5) is 0.